The van der Waals surface area contributed by atoms with Crippen LogP contribution in [0.5, 0.6) is 0 Å². The Kier molecular flexibility index (Phi) is 5.86. The number of piperidine rings is 1. The third-order valence-corrected chi connectivity index (χ3v) is 6.44. The van der Waals surface area contributed by atoms with Gasteiger partial charge in [-0.05, 0) is 31.0 Å². The highest BCUT2D eigenvalue weighted by atomic mass is 35.5. The van der Waals surface area contributed by atoms with Crippen LogP contribution >= 0.6 is 22.9 Å². The molecule has 4 rings (SSSR count). The van der Waals surface area contributed by atoms with E-state index in [0.717, 1.165) is 10.2 Å². The van der Waals surface area contributed by atoms with Crippen LogP contribution in [-0.4, -0.2) is 65.4 Å². The summed E-state index contributed by atoms with van der Waals surface area (Å²) in [6.45, 7) is 2.56. The molecule has 2 N–H and O–H groups in total. The van der Waals surface area contributed by atoms with Crippen LogP contribution in [0, 0.1) is 5.92 Å². The number of carbonyl (C=O) groups excluding carboxylic acids is 3. The van der Waals surface area contributed by atoms with E-state index in [-0.39, 0.29) is 23.8 Å². The predicted octanol–water partition coefficient (Wildman–Crippen LogP) is 2.54. The van der Waals surface area contributed by atoms with Gasteiger partial charge in [-0.1, -0.05) is 22.9 Å². The number of aromatic nitrogens is 1. The van der Waals surface area contributed by atoms with E-state index in [4.69, 9.17) is 11.6 Å². The number of benzene rings is 1. The molecule has 2 aliphatic rings. The van der Waals surface area contributed by atoms with E-state index in [9.17, 15) is 14.4 Å². The number of amides is 4. The van der Waals surface area contributed by atoms with E-state index in [1.165, 1.54) is 11.3 Å². The van der Waals surface area contributed by atoms with Crippen LogP contribution in [0.25, 0.3) is 10.2 Å². The topological polar surface area (TPSA) is 94.6 Å². The van der Waals surface area contributed by atoms with Gasteiger partial charge in [0.1, 0.15) is 0 Å². The molecular formula is C19H22ClN5O3S. The second kappa shape index (κ2) is 8.54. The highest BCUT2D eigenvalue weighted by Gasteiger charge is 2.30. The fourth-order valence-corrected chi connectivity index (χ4v) is 4.80. The van der Waals surface area contributed by atoms with Crippen LogP contribution in [0.3, 0.4) is 0 Å². The van der Waals surface area contributed by atoms with Crippen molar-refractivity contribution in [2.75, 3.05) is 38.0 Å². The van der Waals surface area contributed by atoms with Crippen LogP contribution < -0.4 is 10.6 Å². The molecule has 29 heavy (non-hydrogen) atoms. The number of nitrogens with zero attached hydrogens (tertiary/aromatic N) is 3. The summed E-state index contributed by atoms with van der Waals surface area (Å²) in [7, 11) is 0. The first kappa shape index (κ1) is 19.9. The van der Waals surface area contributed by atoms with Gasteiger partial charge < -0.3 is 15.1 Å². The molecule has 3 heterocycles. The Morgan fingerprint density at radius 2 is 2.00 bits per heavy atom. The van der Waals surface area contributed by atoms with Gasteiger partial charge in [-0.15, -0.1) is 0 Å². The first-order valence-corrected chi connectivity index (χ1v) is 10.9. The van der Waals surface area contributed by atoms with E-state index in [0.29, 0.717) is 62.1 Å². The van der Waals surface area contributed by atoms with Crippen LogP contribution in [-0.2, 0) is 9.59 Å². The zero-order valence-electron chi connectivity index (χ0n) is 15.8. The summed E-state index contributed by atoms with van der Waals surface area (Å²) in [5.74, 6) is -0.0946. The van der Waals surface area contributed by atoms with Crippen LogP contribution in [0.2, 0.25) is 5.02 Å². The van der Waals surface area contributed by atoms with Gasteiger partial charge in [0.15, 0.2) is 5.13 Å². The Morgan fingerprint density at radius 3 is 2.79 bits per heavy atom. The number of nitrogens with one attached hydrogen (secondary N) is 2. The number of halogens is 1. The summed E-state index contributed by atoms with van der Waals surface area (Å²) < 4.78 is 0.917. The first-order chi connectivity index (χ1) is 14.0. The number of fused-ring (bicyclic) bond motifs is 1. The molecule has 4 amide bonds. The molecule has 10 heteroatoms. The summed E-state index contributed by atoms with van der Waals surface area (Å²) in [6, 6.07) is 5.21. The minimum atomic E-state index is -0.214. The number of carbonyl (C=O) groups is 3. The highest BCUT2D eigenvalue weighted by Crippen LogP contribution is 2.28. The van der Waals surface area contributed by atoms with E-state index < -0.39 is 0 Å². The molecular weight excluding hydrogens is 414 g/mol. The lowest BCUT2D eigenvalue weighted by molar-refractivity contribution is -0.137. The minimum Gasteiger partial charge on any atom is -0.355 e. The summed E-state index contributed by atoms with van der Waals surface area (Å²) >= 11 is 7.39. The lowest BCUT2D eigenvalue weighted by atomic mass is 9.97. The lowest BCUT2D eigenvalue weighted by Gasteiger charge is -2.28. The number of rotatable bonds is 2. The molecule has 2 fully saturated rings. The van der Waals surface area contributed by atoms with Crippen LogP contribution in [0.15, 0.2) is 18.2 Å². The smallest absolute Gasteiger partial charge is 0.323 e. The van der Waals surface area contributed by atoms with Crippen molar-refractivity contribution < 1.29 is 14.4 Å². The SMILES string of the molecule is O=C1CCC(C(=O)N2CCCN(C(=O)Nc3nc4ccc(Cl)cc4s3)CC2)CN1. The zero-order chi connectivity index (χ0) is 20.4. The Balaban J connectivity index is 1.34. The monoisotopic (exact) mass is 435 g/mol. The van der Waals surface area contributed by atoms with Crippen LogP contribution in [0.1, 0.15) is 19.3 Å². The molecule has 2 aliphatic heterocycles. The maximum Gasteiger partial charge on any atom is 0.323 e. The first-order valence-electron chi connectivity index (χ1n) is 9.67. The number of anilines is 1. The van der Waals surface area contributed by atoms with Crippen molar-refractivity contribution in [3.8, 4) is 0 Å². The molecule has 2 aromatic rings. The van der Waals surface area contributed by atoms with Gasteiger partial charge in [0.25, 0.3) is 0 Å². The number of urea groups is 1. The highest BCUT2D eigenvalue weighted by molar-refractivity contribution is 7.22. The molecule has 8 nitrogen and oxygen atoms in total. The van der Waals surface area contributed by atoms with Crippen molar-refractivity contribution in [1.82, 2.24) is 20.1 Å². The standard InChI is InChI=1S/C19H22ClN5O3S/c20-13-3-4-14-15(10-13)29-18(22-14)23-19(28)25-7-1-6-24(8-9-25)17(27)12-2-5-16(26)21-11-12/h3-4,10,12H,1-2,5-9,11H2,(H,21,26)(H,22,23,28). The Labute approximate surface area is 177 Å². The van der Waals surface area contributed by atoms with Gasteiger partial charge in [0.2, 0.25) is 11.8 Å². The molecule has 0 bridgehead atoms. The molecule has 1 atom stereocenters. The fraction of sp³-hybridized carbons (Fsp3) is 0.474. The lowest BCUT2D eigenvalue weighted by Crippen LogP contribution is -2.46. The van der Waals surface area contributed by atoms with Gasteiger partial charge >= 0.3 is 6.03 Å². The van der Waals surface area contributed by atoms with E-state index in [1.807, 2.05) is 17.0 Å². The third kappa shape index (κ3) is 4.62. The third-order valence-electron chi connectivity index (χ3n) is 5.27. The molecule has 1 aromatic heterocycles. The molecule has 1 aromatic carbocycles. The number of hydrogen-bond acceptors (Lipinski definition) is 5. The summed E-state index contributed by atoms with van der Waals surface area (Å²) in [5, 5.41) is 6.79. The molecule has 2 saturated heterocycles. The molecule has 154 valence electrons. The summed E-state index contributed by atoms with van der Waals surface area (Å²) in [6.07, 6.45) is 1.70. The fourth-order valence-electron chi connectivity index (χ4n) is 3.67. The van der Waals surface area contributed by atoms with Gasteiger partial charge in [-0.25, -0.2) is 9.78 Å². The maximum absolute atomic E-state index is 12.7. The Morgan fingerprint density at radius 1 is 1.21 bits per heavy atom. The van der Waals surface area contributed by atoms with Gasteiger partial charge in [-0.3, -0.25) is 14.9 Å². The zero-order valence-corrected chi connectivity index (χ0v) is 17.4. The maximum atomic E-state index is 12.7. The molecule has 0 aliphatic carbocycles. The van der Waals surface area contributed by atoms with Crippen molar-refractivity contribution in [3.05, 3.63) is 23.2 Å². The minimum absolute atomic E-state index is 0.00452. The van der Waals surface area contributed by atoms with Gasteiger partial charge in [-0.2, -0.15) is 0 Å². The van der Waals surface area contributed by atoms with Gasteiger partial charge in [0.05, 0.1) is 16.1 Å². The van der Waals surface area contributed by atoms with Crippen molar-refractivity contribution in [2.24, 2.45) is 5.92 Å². The Bertz CT molecular complexity index is 939. The van der Waals surface area contributed by atoms with E-state index in [1.54, 1.807) is 11.0 Å². The average molecular weight is 436 g/mol. The summed E-state index contributed by atoms with van der Waals surface area (Å²) in [4.78, 5) is 44.7. The summed E-state index contributed by atoms with van der Waals surface area (Å²) in [5.41, 5.74) is 0.793. The average Bonchev–Trinajstić information content (AvgIpc) is 2.93. The second-order valence-electron chi connectivity index (χ2n) is 7.27. The number of hydrogen-bond donors (Lipinski definition) is 2. The molecule has 0 radical (unpaired) electrons. The van der Waals surface area contributed by atoms with Crippen molar-refractivity contribution in [2.45, 2.75) is 19.3 Å². The van der Waals surface area contributed by atoms with Crippen molar-refractivity contribution in [1.29, 1.82) is 0 Å². The largest absolute Gasteiger partial charge is 0.355 e. The molecule has 0 spiro atoms. The Hall–Kier alpha value is -2.39. The van der Waals surface area contributed by atoms with E-state index in [2.05, 4.69) is 15.6 Å². The van der Waals surface area contributed by atoms with Gasteiger partial charge in [0, 0.05) is 44.2 Å². The normalized spacial score (nSPS) is 20.3. The predicted molar refractivity (Wildman–Crippen MR) is 112 cm³/mol. The van der Waals surface area contributed by atoms with Crippen molar-refractivity contribution in [3.63, 3.8) is 0 Å². The van der Waals surface area contributed by atoms with Crippen molar-refractivity contribution >= 4 is 56.1 Å². The second-order valence-corrected chi connectivity index (χ2v) is 8.73. The quantitative estimate of drug-likeness (QED) is 0.757. The van der Waals surface area contributed by atoms with E-state index >= 15 is 0 Å². The van der Waals surface area contributed by atoms with Crippen LogP contribution in [0.4, 0.5) is 9.93 Å². The number of thiazole rings is 1. The molecule has 0 saturated carbocycles. The molecule has 1 unspecified atom stereocenters.